The number of methoxy groups -OCH3 is 1. The normalized spacial score (nSPS) is 15.4. The van der Waals surface area contributed by atoms with Crippen LogP contribution in [0.25, 0.3) is 0 Å². The summed E-state index contributed by atoms with van der Waals surface area (Å²) in [5.74, 6) is 1.25. The maximum absolute atomic E-state index is 5.87. The number of hydrogen-bond donors (Lipinski definition) is 1. The van der Waals surface area contributed by atoms with Crippen LogP contribution in [0, 0.1) is 0 Å². The third-order valence-corrected chi connectivity index (χ3v) is 2.26. The molecule has 0 aliphatic carbocycles. The van der Waals surface area contributed by atoms with Crippen molar-refractivity contribution >= 4 is 0 Å². The van der Waals surface area contributed by atoms with E-state index in [0.717, 1.165) is 6.42 Å². The van der Waals surface area contributed by atoms with E-state index in [1.165, 1.54) is 0 Å². The van der Waals surface area contributed by atoms with Gasteiger partial charge in [0, 0.05) is 13.2 Å². The molecule has 0 fully saturated rings. The van der Waals surface area contributed by atoms with Crippen molar-refractivity contribution in [2.75, 3.05) is 7.11 Å². The molecule has 0 bridgehead atoms. The molecular formula is C9H17N3O2. The van der Waals surface area contributed by atoms with Gasteiger partial charge in [-0.3, -0.25) is 0 Å². The van der Waals surface area contributed by atoms with Crippen LogP contribution in [-0.4, -0.2) is 23.3 Å². The molecule has 14 heavy (non-hydrogen) atoms. The van der Waals surface area contributed by atoms with Gasteiger partial charge in [-0.25, -0.2) is 0 Å². The molecule has 2 N–H and O–H groups in total. The molecule has 0 radical (unpaired) electrons. The molecule has 2 atom stereocenters. The predicted molar refractivity (Wildman–Crippen MR) is 51.7 cm³/mol. The zero-order chi connectivity index (χ0) is 10.6. The zero-order valence-corrected chi connectivity index (χ0v) is 8.86. The molecule has 1 rings (SSSR count). The topological polar surface area (TPSA) is 74.2 Å². The van der Waals surface area contributed by atoms with E-state index in [-0.39, 0.29) is 12.0 Å². The number of nitrogens with zero attached hydrogens (tertiary/aromatic N) is 2. The van der Waals surface area contributed by atoms with Gasteiger partial charge in [0.05, 0.1) is 5.92 Å². The van der Waals surface area contributed by atoms with Gasteiger partial charge >= 0.3 is 0 Å². The minimum atomic E-state index is 0.0610. The molecule has 0 aliphatic heterocycles. The molecule has 0 aromatic carbocycles. The highest BCUT2D eigenvalue weighted by atomic mass is 16.5. The van der Waals surface area contributed by atoms with Gasteiger partial charge in [0.25, 0.3) is 0 Å². The summed E-state index contributed by atoms with van der Waals surface area (Å²) in [6.45, 7) is 4.39. The van der Waals surface area contributed by atoms with Crippen molar-refractivity contribution in [1.29, 1.82) is 0 Å². The number of hydrogen-bond acceptors (Lipinski definition) is 5. The third-order valence-electron chi connectivity index (χ3n) is 2.26. The Hall–Kier alpha value is -0.940. The Bertz CT molecular complexity index is 275. The van der Waals surface area contributed by atoms with Crippen LogP contribution in [0.3, 0.4) is 0 Å². The maximum Gasteiger partial charge on any atom is 0.231 e. The lowest BCUT2D eigenvalue weighted by Gasteiger charge is -2.13. The molecule has 0 spiro atoms. The Morgan fingerprint density at radius 3 is 2.86 bits per heavy atom. The minimum absolute atomic E-state index is 0.0610. The van der Waals surface area contributed by atoms with Crippen LogP contribution in [-0.2, 0) is 11.3 Å². The van der Waals surface area contributed by atoms with Gasteiger partial charge in [0.1, 0.15) is 6.61 Å². The van der Waals surface area contributed by atoms with Crippen molar-refractivity contribution in [3.05, 3.63) is 11.7 Å². The van der Waals surface area contributed by atoms with E-state index in [0.29, 0.717) is 18.3 Å². The Morgan fingerprint density at radius 1 is 1.57 bits per heavy atom. The van der Waals surface area contributed by atoms with Gasteiger partial charge in [-0.15, -0.1) is 0 Å². The first kappa shape index (κ1) is 11.1. The van der Waals surface area contributed by atoms with Crippen molar-refractivity contribution in [3.63, 3.8) is 0 Å². The van der Waals surface area contributed by atoms with E-state index >= 15 is 0 Å². The van der Waals surface area contributed by atoms with Crippen LogP contribution in [0.15, 0.2) is 4.52 Å². The monoisotopic (exact) mass is 199 g/mol. The molecule has 0 saturated carbocycles. The van der Waals surface area contributed by atoms with E-state index in [9.17, 15) is 0 Å². The average Bonchev–Trinajstić information content (AvgIpc) is 2.64. The maximum atomic E-state index is 5.87. The number of aromatic nitrogens is 2. The third kappa shape index (κ3) is 2.52. The second kappa shape index (κ2) is 5.07. The lowest BCUT2D eigenvalue weighted by atomic mass is 10.0. The highest BCUT2D eigenvalue weighted by molar-refractivity contribution is 4.95. The van der Waals surface area contributed by atoms with Gasteiger partial charge in [-0.1, -0.05) is 19.0 Å². The molecule has 1 heterocycles. The van der Waals surface area contributed by atoms with Crippen molar-refractivity contribution in [3.8, 4) is 0 Å². The van der Waals surface area contributed by atoms with Crippen LogP contribution in [0.2, 0.25) is 0 Å². The molecule has 1 aromatic rings. The van der Waals surface area contributed by atoms with Crippen molar-refractivity contribution in [2.45, 2.75) is 38.8 Å². The summed E-state index contributed by atoms with van der Waals surface area (Å²) in [5, 5.41) is 3.78. The predicted octanol–water partition coefficient (Wildman–Crippen LogP) is 1.06. The summed E-state index contributed by atoms with van der Waals surface area (Å²) >= 11 is 0. The van der Waals surface area contributed by atoms with Crippen LogP contribution < -0.4 is 5.73 Å². The van der Waals surface area contributed by atoms with Gasteiger partial charge in [-0.05, 0) is 6.42 Å². The first-order chi connectivity index (χ1) is 6.69. The molecule has 80 valence electrons. The standard InChI is InChI=1S/C9H17N3O2/c1-4-7(10)6(2)9-11-8(5-13-3)12-14-9/h6-7H,4-5,10H2,1-3H3. The zero-order valence-electron chi connectivity index (χ0n) is 8.86. The summed E-state index contributed by atoms with van der Waals surface area (Å²) in [6.07, 6.45) is 0.892. The van der Waals surface area contributed by atoms with E-state index < -0.39 is 0 Å². The summed E-state index contributed by atoms with van der Waals surface area (Å²) in [6, 6.07) is 0.0610. The Labute approximate surface area is 83.6 Å². The quantitative estimate of drug-likeness (QED) is 0.767. The minimum Gasteiger partial charge on any atom is -0.377 e. The van der Waals surface area contributed by atoms with Crippen LogP contribution in [0.1, 0.15) is 37.9 Å². The van der Waals surface area contributed by atoms with Crippen molar-refractivity contribution in [2.24, 2.45) is 5.73 Å². The number of ether oxygens (including phenoxy) is 1. The lowest BCUT2D eigenvalue weighted by Crippen LogP contribution is -2.25. The van der Waals surface area contributed by atoms with Crippen LogP contribution >= 0.6 is 0 Å². The molecule has 0 saturated heterocycles. The SMILES string of the molecule is CCC(N)C(C)c1nc(COC)no1. The van der Waals surface area contributed by atoms with Crippen LogP contribution in [0.5, 0.6) is 0 Å². The van der Waals surface area contributed by atoms with Crippen LogP contribution in [0.4, 0.5) is 0 Å². The second-order valence-electron chi connectivity index (χ2n) is 3.34. The fraction of sp³-hybridized carbons (Fsp3) is 0.778. The Kier molecular flexibility index (Phi) is 4.03. The van der Waals surface area contributed by atoms with Gasteiger partial charge in [-0.2, -0.15) is 4.98 Å². The lowest BCUT2D eigenvalue weighted by molar-refractivity contribution is 0.174. The average molecular weight is 199 g/mol. The van der Waals surface area contributed by atoms with Crippen molar-refractivity contribution < 1.29 is 9.26 Å². The summed E-state index contributed by atoms with van der Waals surface area (Å²) in [5.41, 5.74) is 5.87. The number of rotatable bonds is 5. The molecule has 0 amide bonds. The summed E-state index contributed by atoms with van der Waals surface area (Å²) in [4.78, 5) is 4.19. The number of nitrogens with two attached hydrogens (primary N) is 1. The van der Waals surface area contributed by atoms with E-state index in [1.54, 1.807) is 7.11 Å². The molecule has 1 aromatic heterocycles. The summed E-state index contributed by atoms with van der Waals surface area (Å²) < 4.78 is 9.97. The smallest absolute Gasteiger partial charge is 0.231 e. The highest BCUT2D eigenvalue weighted by Gasteiger charge is 2.19. The molecule has 2 unspecified atom stereocenters. The van der Waals surface area contributed by atoms with Gasteiger partial charge < -0.3 is 15.0 Å². The first-order valence-corrected chi connectivity index (χ1v) is 4.76. The van der Waals surface area contributed by atoms with E-state index in [2.05, 4.69) is 10.1 Å². The summed E-state index contributed by atoms with van der Waals surface area (Å²) in [7, 11) is 1.59. The van der Waals surface area contributed by atoms with Crippen molar-refractivity contribution in [1.82, 2.24) is 10.1 Å². The second-order valence-corrected chi connectivity index (χ2v) is 3.34. The fourth-order valence-corrected chi connectivity index (χ4v) is 1.18. The molecule has 5 heteroatoms. The molecular weight excluding hydrogens is 182 g/mol. The fourth-order valence-electron chi connectivity index (χ4n) is 1.18. The Balaban J connectivity index is 2.65. The molecule has 5 nitrogen and oxygen atoms in total. The molecule has 0 aliphatic rings. The Morgan fingerprint density at radius 2 is 2.29 bits per heavy atom. The first-order valence-electron chi connectivity index (χ1n) is 4.76. The van der Waals surface area contributed by atoms with Gasteiger partial charge in [0.2, 0.25) is 5.89 Å². The van der Waals surface area contributed by atoms with E-state index in [1.807, 2.05) is 13.8 Å². The largest absolute Gasteiger partial charge is 0.377 e. The van der Waals surface area contributed by atoms with Gasteiger partial charge in [0.15, 0.2) is 5.82 Å². The van der Waals surface area contributed by atoms with E-state index in [4.69, 9.17) is 15.0 Å². The highest BCUT2D eigenvalue weighted by Crippen LogP contribution is 2.17.